The lowest BCUT2D eigenvalue weighted by Gasteiger charge is -2.19. The molecule has 13 heavy (non-hydrogen) atoms. The number of aryl methyl sites for hydroxylation is 2. The van der Waals surface area contributed by atoms with Crippen LogP contribution in [0.5, 0.6) is 0 Å². The Morgan fingerprint density at radius 2 is 2.54 bits per heavy atom. The quantitative estimate of drug-likeness (QED) is 0.705. The maximum atomic E-state index is 10.9. The standard InChI is InChI=1S/C9H12N2O2/c1-6-5-8-7(9(12)13)3-2-4-11(8)10-6/h5,7H,2-4H2,1H3,(H,12,13). The largest absolute Gasteiger partial charge is 0.481 e. The van der Waals surface area contributed by atoms with E-state index in [-0.39, 0.29) is 5.92 Å². The van der Waals surface area contributed by atoms with Gasteiger partial charge < -0.3 is 5.11 Å². The highest BCUT2D eigenvalue weighted by atomic mass is 16.4. The maximum absolute atomic E-state index is 10.9. The van der Waals surface area contributed by atoms with E-state index in [1.807, 2.05) is 17.7 Å². The van der Waals surface area contributed by atoms with Gasteiger partial charge in [-0.15, -0.1) is 0 Å². The molecular weight excluding hydrogens is 168 g/mol. The summed E-state index contributed by atoms with van der Waals surface area (Å²) in [5.41, 5.74) is 1.76. The van der Waals surface area contributed by atoms with Crippen LogP contribution >= 0.6 is 0 Å². The Hall–Kier alpha value is -1.32. The van der Waals surface area contributed by atoms with Crippen LogP contribution in [0.25, 0.3) is 0 Å². The summed E-state index contributed by atoms with van der Waals surface area (Å²) >= 11 is 0. The van der Waals surface area contributed by atoms with Crippen molar-refractivity contribution < 1.29 is 9.90 Å². The molecule has 0 saturated carbocycles. The summed E-state index contributed by atoms with van der Waals surface area (Å²) in [7, 11) is 0. The Kier molecular flexibility index (Phi) is 1.83. The van der Waals surface area contributed by atoms with E-state index in [1.165, 1.54) is 0 Å². The zero-order valence-electron chi connectivity index (χ0n) is 7.53. The number of hydrogen-bond acceptors (Lipinski definition) is 2. The fourth-order valence-electron chi connectivity index (χ4n) is 1.87. The van der Waals surface area contributed by atoms with Crippen molar-refractivity contribution in [3.05, 3.63) is 17.5 Å². The number of rotatable bonds is 1. The van der Waals surface area contributed by atoms with Gasteiger partial charge in [-0.3, -0.25) is 9.48 Å². The van der Waals surface area contributed by atoms with Gasteiger partial charge in [0.2, 0.25) is 0 Å². The van der Waals surface area contributed by atoms with Crippen molar-refractivity contribution in [3.8, 4) is 0 Å². The second-order valence-electron chi connectivity index (χ2n) is 3.47. The molecule has 2 heterocycles. The van der Waals surface area contributed by atoms with Crippen LogP contribution in [0, 0.1) is 6.92 Å². The van der Waals surface area contributed by atoms with Crippen molar-refractivity contribution in [2.24, 2.45) is 0 Å². The van der Waals surface area contributed by atoms with Crippen LogP contribution in [-0.4, -0.2) is 20.9 Å². The normalized spacial score (nSPS) is 21.2. The second kappa shape index (κ2) is 2.87. The van der Waals surface area contributed by atoms with Crippen LogP contribution in [-0.2, 0) is 11.3 Å². The van der Waals surface area contributed by atoms with Gasteiger partial charge >= 0.3 is 5.97 Å². The summed E-state index contributed by atoms with van der Waals surface area (Å²) in [5, 5.41) is 13.2. The third-order valence-corrected chi connectivity index (χ3v) is 2.45. The van der Waals surface area contributed by atoms with Crippen molar-refractivity contribution >= 4 is 5.97 Å². The summed E-state index contributed by atoms with van der Waals surface area (Å²) in [6.45, 7) is 2.75. The third kappa shape index (κ3) is 1.32. The summed E-state index contributed by atoms with van der Waals surface area (Å²) < 4.78 is 1.82. The molecule has 1 atom stereocenters. The number of hydrogen-bond donors (Lipinski definition) is 1. The molecule has 0 amide bonds. The van der Waals surface area contributed by atoms with E-state index in [4.69, 9.17) is 5.11 Å². The van der Waals surface area contributed by atoms with Crippen LogP contribution < -0.4 is 0 Å². The molecule has 1 aromatic heterocycles. The smallest absolute Gasteiger partial charge is 0.312 e. The van der Waals surface area contributed by atoms with Crippen LogP contribution in [0.1, 0.15) is 30.1 Å². The molecule has 0 fully saturated rings. The van der Waals surface area contributed by atoms with E-state index < -0.39 is 5.97 Å². The Bertz CT molecular complexity index is 343. The van der Waals surface area contributed by atoms with Crippen LogP contribution in [0.15, 0.2) is 6.07 Å². The first kappa shape index (κ1) is 8.29. The van der Waals surface area contributed by atoms with Gasteiger partial charge in [0, 0.05) is 6.54 Å². The van der Waals surface area contributed by atoms with E-state index in [1.54, 1.807) is 0 Å². The zero-order valence-corrected chi connectivity index (χ0v) is 7.53. The zero-order chi connectivity index (χ0) is 9.42. The molecule has 0 spiro atoms. The maximum Gasteiger partial charge on any atom is 0.312 e. The number of nitrogens with zero attached hydrogens (tertiary/aromatic N) is 2. The Morgan fingerprint density at radius 3 is 3.23 bits per heavy atom. The number of aliphatic carboxylic acids is 1. The van der Waals surface area contributed by atoms with Gasteiger partial charge in [-0.05, 0) is 25.8 Å². The topological polar surface area (TPSA) is 55.1 Å². The monoisotopic (exact) mass is 180 g/mol. The Morgan fingerprint density at radius 1 is 1.77 bits per heavy atom. The van der Waals surface area contributed by atoms with E-state index in [9.17, 15) is 4.79 Å². The summed E-state index contributed by atoms with van der Waals surface area (Å²) in [4.78, 5) is 10.9. The Balaban J connectivity index is 2.41. The first-order chi connectivity index (χ1) is 6.18. The average molecular weight is 180 g/mol. The van der Waals surface area contributed by atoms with Gasteiger partial charge in [0.1, 0.15) is 0 Å². The Labute approximate surface area is 76.2 Å². The molecule has 1 aliphatic rings. The van der Waals surface area contributed by atoms with Gasteiger partial charge in [-0.25, -0.2) is 0 Å². The van der Waals surface area contributed by atoms with Crippen molar-refractivity contribution in [2.75, 3.05) is 0 Å². The van der Waals surface area contributed by atoms with Gasteiger partial charge in [-0.2, -0.15) is 5.10 Å². The lowest BCUT2D eigenvalue weighted by molar-refractivity contribution is -0.139. The minimum absolute atomic E-state index is 0.352. The van der Waals surface area contributed by atoms with E-state index >= 15 is 0 Å². The van der Waals surface area contributed by atoms with E-state index in [0.29, 0.717) is 0 Å². The summed E-state index contributed by atoms with van der Waals surface area (Å²) in [6, 6.07) is 1.87. The highest BCUT2D eigenvalue weighted by molar-refractivity contribution is 5.75. The molecule has 70 valence electrons. The molecule has 1 N–H and O–H groups in total. The number of carboxylic acid groups (broad SMARTS) is 1. The first-order valence-electron chi connectivity index (χ1n) is 4.45. The van der Waals surface area contributed by atoms with Gasteiger partial charge in [0.05, 0.1) is 17.3 Å². The number of aromatic nitrogens is 2. The SMILES string of the molecule is Cc1cc2n(n1)CCCC2C(=O)O. The minimum atomic E-state index is -0.735. The molecule has 4 heteroatoms. The lowest BCUT2D eigenvalue weighted by Crippen LogP contribution is -2.22. The van der Waals surface area contributed by atoms with Gasteiger partial charge in [0.15, 0.2) is 0 Å². The number of carboxylic acids is 1. The molecule has 1 aromatic rings. The highest BCUT2D eigenvalue weighted by Gasteiger charge is 2.27. The first-order valence-corrected chi connectivity index (χ1v) is 4.45. The summed E-state index contributed by atoms with van der Waals surface area (Å²) in [5.74, 6) is -1.09. The predicted molar refractivity (Wildman–Crippen MR) is 46.6 cm³/mol. The van der Waals surface area contributed by atoms with Crippen molar-refractivity contribution in [1.29, 1.82) is 0 Å². The highest BCUT2D eigenvalue weighted by Crippen LogP contribution is 2.27. The predicted octanol–water partition coefficient (Wildman–Crippen LogP) is 1.15. The number of carbonyl (C=O) groups is 1. The van der Waals surface area contributed by atoms with Gasteiger partial charge in [-0.1, -0.05) is 0 Å². The van der Waals surface area contributed by atoms with Crippen LogP contribution in [0.4, 0.5) is 0 Å². The molecule has 1 unspecified atom stereocenters. The minimum Gasteiger partial charge on any atom is -0.481 e. The van der Waals surface area contributed by atoms with E-state index in [2.05, 4.69) is 5.10 Å². The molecule has 0 aromatic carbocycles. The number of fused-ring (bicyclic) bond motifs is 1. The van der Waals surface area contributed by atoms with E-state index in [0.717, 1.165) is 30.8 Å². The molecule has 0 bridgehead atoms. The van der Waals surface area contributed by atoms with Crippen molar-refractivity contribution in [1.82, 2.24) is 9.78 Å². The van der Waals surface area contributed by atoms with Crippen molar-refractivity contribution in [3.63, 3.8) is 0 Å². The molecule has 0 radical (unpaired) electrons. The third-order valence-electron chi connectivity index (χ3n) is 2.45. The molecule has 1 aliphatic heterocycles. The molecule has 2 rings (SSSR count). The summed E-state index contributed by atoms with van der Waals surface area (Å²) in [6.07, 6.45) is 1.64. The van der Waals surface area contributed by atoms with Crippen LogP contribution in [0.2, 0.25) is 0 Å². The molecule has 4 nitrogen and oxygen atoms in total. The molecule has 0 aliphatic carbocycles. The lowest BCUT2D eigenvalue weighted by atomic mass is 9.96. The fraction of sp³-hybridized carbons (Fsp3) is 0.556. The van der Waals surface area contributed by atoms with Crippen molar-refractivity contribution in [2.45, 2.75) is 32.2 Å². The average Bonchev–Trinajstić information content (AvgIpc) is 2.43. The molecular formula is C9H12N2O2. The second-order valence-corrected chi connectivity index (χ2v) is 3.47. The van der Waals surface area contributed by atoms with Crippen LogP contribution in [0.3, 0.4) is 0 Å². The molecule has 0 saturated heterocycles. The fourth-order valence-corrected chi connectivity index (χ4v) is 1.87. The van der Waals surface area contributed by atoms with Gasteiger partial charge in [0.25, 0.3) is 0 Å².